The minimum Gasteiger partial charge on any atom is -0.394 e. The van der Waals surface area contributed by atoms with Crippen LogP contribution in [0.1, 0.15) is 11.3 Å². The molecule has 0 amide bonds. The normalized spacial score (nSPS) is 11.7. The minimum absolute atomic E-state index is 0.0425. The number of rotatable bonds is 1. The number of anilines is 1. The van der Waals surface area contributed by atoms with Crippen molar-refractivity contribution in [3.63, 3.8) is 0 Å². The fourth-order valence-electron chi connectivity index (χ4n) is 1.81. The Hall–Kier alpha value is -1.95. The van der Waals surface area contributed by atoms with Gasteiger partial charge in [0.25, 0.3) is 0 Å². The largest absolute Gasteiger partial charge is 0.417 e. The highest BCUT2D eigenvalue weighted by molar-refractivity contribution is 6.31. The van der Waals surface area contributed by atoms with Gasteiger partial charge in [-0.15, -0.1) is 0 Å². The number of nitrogens with two attached hydrogens (primary N) is 1. The lowest BCUT2D eigenvalue weighted by Crippen LogP contribution is -2.14. The van der Waals surface area contributed by atoms with Crippen molar-refractivity contribution in [3.05, 3.63) is 57.0 Å². The Morgan fingerprint density at radius 3 is 2.50 bits per heavy atom. The Labute approximate surface area is 117 Å². The fourth-order valence-corrected chi connectivity index (χ4v) is 2.03. The molecule has 0 aliphatic carbocycles. The number of nitrogens with zero attached hydrogens (tertiary/aromatic N) is 1. The summed E-state index contributed by atoms with van der Waals surface area (Å²) in [5.74, 6) is 0. The van der Waals surface area contributed by atoms with Gasteiger partial charge in [0.05, 0.1) is 16.3 Å². The molecular formula is C13H10ClF3N2O. The molecule has 2 N–H and O–H groups in total. The average Bonchev–Trinajstić information content (AvgIpc) is 2.33. The Kier molecular flexibility index (Phi) is 3.52. The second kappa shape index (κ2) is 4.86. The molecule has 2 rings (SSSR count). The molecule has 0 aliphatic heterocycles. The highest BCUT2D eigenvalue weighted by Gasteiger charge is 2.33. The van der Waals surface area contributed by atoms with E-state index in [1.165, 1.54) is 22.9 Å². The second-order valence-corrected chi connectivity index (χ2v) is 4.67. The smallest absolute Gasteiger partial charge is 0.394 e. The highest BCUT2D eigenvalue weighted by Crippen LogP contribution is 2.35. The first-order valence-electron chi connectivity index (χ1n) is 5.56. The van der Waals surface area contributed by atoms with Crippen LogP contribution >= 0.6 is 11.6 Å². The molecule has 7 heteroatoms. The summed E-state index contributed by atoms with van der Waals surface area (Å²) in [6, 6.07) is 4.76. The van der Waals surface area contributed by atoms with Gasteiger partial charge in [0.1, 0.15) is 0 Å². The van der Waals surface area contributed by atoms with Gasteiger partial charge in [-0.05, 0) is 25.1 Å². The quantitative estimate of drug-likeness (QED) is 0.877. The average molecular weight is 303 g/mol. The predicted molar refractivity (Wildman–Crippen MR) is 71.2 cm³/mol. The van der Waals surface area contributed by atoms with Crippen molar-refractivity contribution in [1.82, 2.24) is 4.57 Å². The molecule has 1 heterocycles. The van der Waals surface area contributed by atoms with E-state index in [2.05, 4.69) is 0 Å². The van der Waals surface area contributed by atoms with Crippen LogP contribution in [0.3, 0.4) is 0 Å². The maximum Gasteiger partial charge on any atom is 0.417 e. The maximum atomic E-state index is 12.8. The maximum absolute atomic E-state index is 12.8. The van der Waals surface area contributed by atoms with Crippen molar-refractivity contribution in [2.75, 3.05) is 5.73 Å². The monoisotopic (exact) mass is 302 g/mol. The van der Waals surface area contributed by atoms with Crippen LogP contribution in [0, 0.1) is 6.92 Å². The number of benzene rings is 1. The van der Waals surface area contributed by atoms with Crippen LogP contribution in [0.2, 0.25) is 5.02 Å². The van der Waals surface area contributed by atoms with E-state index in [1.54, 1.807) is 6.92 Å². The third kappa shape index (κ3) is 2.65. The number of hydrogen-bond donors (Lipinski definition) is 1. The number of halogens is 4. The van der Waals surface area contributed by atoms with E-state index < -0.39 is 11.7 Å². The van der Waals surface area contributed by atoms with Crippen LogP contribution in [0.5, 0.6) is 0 Å². The molecule has 0 saturated heterocycles. The van der Waals surface area contributed by atoms with Crippen LogP contribution in [-0.2, 0) is 6.18 Å². The second-order valence-electron chi connectivity index (χ2n) is 4.27. The van der Waals surface area contributed by atoms with Crippen molar-refractivity contribution >= 4 is 17.3 Å². The molecule has 0 aliphatic rings. The zero-order valence-corrected chi connectivity index (χ0v) is 11.1. The summed E-state index contributed by atoms with van der Waals surface area (Å²) in [6.07, 6.45) is -3.26. The van der Waals surface area contributed by atoms with Crippen LogP contribution < -0.4 is 11.2 Å². The number of alkyl halides is 3. The Morgan fingerprint density at radius 1 is 1.25 bits per heavy atom. The van der Waals surface area contributed by atoms with Gasteiger partial charge in [0, 0.05) is 23.6 Å². The van der Waals surface area contributed by atoms with Gasteiger partial charge < -0.3 is 10.3 Å². The van der Waals surface area contributed by atoms with Crippen LogP contribution in [0.25, 0.3) is 5.69 Å². The molecule has 1 aromatic heterocycles. The van der Waals surface area contributed by atoms with Gasteiger partial charge in [0.2, 0.25) is 5.43 Å². The molecule has 3 nitrogen and oxygen atoms in total. The molecule has 20 heavy (non-hydrogen) atoms. The molecule has 0 bridgehead atoms. The lowest BCUT2D eigenvalue weighted by molar-refractivity contribution is -0.137. The predicted octanol–water partition coefficient (Wildman–Crippen LogP) is 3.40. The third-order valence-electron chi connectivity index (χ3n) is 2.81. The van der Waals surface area contributed by atoms with E-state index in [0.29, 0.717) is 5.69 Å². The first-order valence-corrected chi connectivity index (χ1v) is 5.94. The summed E-state index contributed by atoms with van der Waals surface area (Å²) in [4.78, 5) is 11.4. The summed E-state index contributed by atoms with van der Waals surface area (Å²) >= 11 is 5.56. The van der Waals surface area contributed by atoms with E-state index in [1.807, 2.05) is 0 Å². The first-order chi connectivity index (χ1) is 9.20. The third-order valence-corrected chi connectivity index (χ3v) is 3.14. The molecule has 2 aromatic rings. The lowest BCUT2D eigenvalue weighted by atomic mass is 10.1. The van der Waals surface area contributed by atoms with E-state index in [9.17, 15) is 18.0 Å². The van der Waals surface area contributed by atoms with Gasteiger partial charge >= 0.3 is 6.18 Å². The number of aromatic nitrogens is 1. The Balaban J connectivity index is 2.66. The molecule has 0 radical (unpaired) electrons. The van der Waals surface area contributed by atoms with Crippen molar-refractivity contribution in [2.24, 2.45) is 0 Å². The van der Waals surface area contributed by atoms with E-state index >= 15 is 0 Å². The van der Waals surface area contributed by atoms with Gasteiger partial charge in [0.15, 0.2) is 0 Å². The summed E-state index contributed by atoms with van der Waals surface area (Å²) in [6.45, 7) is 1.60. The summed E-state index contributed by atoms with van der Waals surface area (Å²) in [7, 11) is 0. The standard InChI is InChI=1S/C13H10ClF3N2O/c1-7-4-12(20)11(18)6-19(7)8-2-3-10(14)9(5-8)13(15,16)17/h2-6H,18H2,1H3. The van der Waals surface area contributed by atoms with Gasteiger partial charge in [-0.2, -0.15) is 13.2 Å². The summed E-state index contributed by atoms with van der Waals surface area (Å²) < 4.78 is 39.9. The van der Waals surface area contributed by atoms with E-state index in [-0.39, 0.29) is 21.8 Å². The molecular weight excluding hydrogens is 293 g/mol. The molecule has 106 valence electrons. The summed E-state index contributed by atoms with van der Waals surface area (Å²) in [5, 5.41) is -0.382. The number of pyridine rings is 1. The fraction of sp³-hybridized carbons (Fsp3) is 0.154. The van der Waals surface area contributed by atoms with Gasteiger partial charge in [-0.1, -0.05) is 11.6 Å². The molecule has 0 spiro atoms. The van der Waals surface area contributed by atoms with Crippen molar-refractivity contribution in [1.29, 1.82) is 0 Å². The van der Waals surface area contributed by atoms with Crippen LogP contribution in [-0.4, -0.2) is 4.57 Å². The van der Waals surface area contributed by atoms with Gasteiger partial charge in [-0.25, -0.2) is 0 Å². The number of hydrogen-bond acceptors (Lipinski definition) is 2. The van der Waals surface area contributed by atoms with Gasteiger partial charge in [-0.3, -0.25) is 4.79 Å². The van der Waals surface area contributed by atoms with Crippen molar-refractivity contribution in [3.8, 4) is 5.69 Å². The molecule has 0 fully saturated rings. The number of aryl methyl sites for hydroxylation is 1. The topological polar surface area (TPSA) is 48.0 Å². The zero-order chi connectivity index (χ0) is 15.1. The molecule has 0 unspecified atom stereocenters. The highest BCUT2D eigenvalue weighted by atomic mass is 35.5. The lowest BCUT2D eigenvalue weighted by Gasteiger charge is -2.15. The molecule has 1 aromatic carbocycles. The summed E-state index contributed by atoms with van der Waals surface area (Å²) in [5.41, 5.74) is 4.85. The Bertz CT molecular complexity index is 723. The van der Waals surface area contributed by atoms with Crippen LogP contribution in [0.4, 0.5) is 18.9 Å². The SMILES string of the molecule is Cc1cc(=O)c(N)cn1-c1ccc(Cl)c(C(F)(F)F)c1. The Morgan fingerprint density at radius 2 is 1.90 bits per heavy atom. The first kappa shape index (κ1) is 14.5. The zero-order valence-electron chi connectivity index (χ0n) is 10.3. The molecule has 0 saturated carbocycles. The van der Waals surface area contributed by atoms with Crippen molar-refractivity contribution in [2.45, 2.75) is 13.1 Å². The van der Waals surface area contributed by atoms with E-state index in [4.69, 9.17) is 17.3 Å². The molecule has 0 atom stereocenters. The van der Waals surface area contributed by atoms with E-state index in [0.717, 1.165) is 12.1 Å². The van der Waals surface area contributed by atoms with Crippen LogP contribution in [0.15, 0.2) is 35.3 Å². The van der Waals surface area contributed by atoms with Crippen molar-refractivity contribution < 1.29 is 13.2 Å². The number of nitrogen functional groups attached to an aromatic ring is 1. The minimum atomic E-state index is -4.55.